The highest BCUT2D eigenvalue weighted by Crippen LogP contribution is 2.43. The first kappa shape index (κ1) is 15.3. The molecule has 0 radical (unpaired) electrons. The SMILES string of the molecule is C=C(C)[C@@H]1CC=C(C)[C@](C#Cc2ccccc2)(CC=O)C1. The van der Waals surface area contributed by atoms with E-state index in [1.165, 1.54) is 11.1 Å². The fraction of sp³-hybridized carbons (Fsp3) is 0.350. The van der Waals surface area contributed by atoms with Gasteiger partial charge < -0.3 is 4.79 Å². The third kappa shape index (κ3) is 3.52. The van der Waals surface area contributed by atoms with E-state index in [1.807, 2.05) is 30.3 Å². The molecule has 1 aromatic carbocycles. The number of carbonyl (C=O) groups is 1. The van der Waals surface area contributed by atoms with Crippen LogP contribution in [0.4, 0.5) is 0 Å². The zero-order valence-corrected chi connectivity index (χ0v) is 12.9. The average Bonchev–Trinajstić information content (AvgIpc) is 2.49. The van der Waals surface area contributed by atoms with Crippen molar-refractivity contribution in [2.45, 2.75) is 33.1 Å². The number of hydrogen-bond donors (Lipinski definition) is 0. The Labute approximate surface area is 127 Å². The van der Waals surface area contributed by atoms with Gasteiger partial charge in [-0.1, -0.05) is 53.8 Å². The van der Waals surface area contributed by atoms with E-state index in [0.717, 1.165) is 24.7 Å². The van der Waals surface area contributed by atoms with Crippen molar-refractivity contribution >= 4 is 6.29 Å². The van der Waals surface area contributed by atoms with E-state index in [9.17, 15) is 4.79 Å². The molecule has 0 saturated carbocycles. The van der Waals surface area contributed by atoms with Crippen molar-refractivity contribution in [3.63, 3.8) is 0 Å². The number of hydrogen-bond acceptors (Lipinski definition) is 1. The molecule has 21 heavy (non-hydrogen) atoms. The summed E-state index contributed by atoms with van der Waals surface area (Å²) in [7, 11) is 0. The second-order valence-electron chi connectivity index (χ2n) is 5.94. The van der Waals surface area contributed by atoms with Crippen LogP contribution in [0.25, 0.3) is 0 Å². The first-order valence-electron chi connectivity index (χ1n) is 7.42. The monoisotopic (exact) mass is 278 g/mol. The van der Waals surface area contributed by atoms with Crippen molar-refractivity contribution in [1.29, 1.82) is 0 Å². The van der Waals surface area contributed by atoms with E-state index in [2.05, 4.69) is 38.3 Å². The van der Waals surface area contributed by atoms with Gasteiger partial charge in [0.25, 0.3) is 0 Å². The van der Waals surface area contributed by atoms with Gasteiger partial charge in [-0.25, -0.2) is 0 Å². The summed E-state index contributed by atoms with van der Waals surface area (Å²) < 4.78 is 0. The predicted octanol–water partition coefficient (Wildman–Crippen LogP) is 4.55. The summed E-state index contributed by atoms with van der Waals surface area (Å²) in [5.74, 6) is 7.06. The largest absolute Gasteiger partial charge is 0.303 e. The summed E-state index contributed by atoms with van der Waals surface area (Å²) in [6, 6.07) is 9.95. The third-order valence-corrected chi connectivity index (χ3v) is 4.41. The van der Waals surface area contributed by atoms with Crippen molar-refractivity contribution in [3.8, 4) is 11.8 Å². The molecule has 0 saturated heterocycles. The molecule has 1 nitrogen and oxygen atoms in total. The number of carbonyl (C=O) groups excluding carboxylic acids is 1. The Balaban J connectivity index is 2.38. The first-order chi connectivity index (χ1) is 10.1. The Morgan fingerprint density at radius 3 is 2.76 bits per heavy atom. The molecule has 0 fully saturated rings. The number of benzene rings is 1. The maximum atomic E-state index is 11.2. The maximum Gasteiger partial charge on any atom is 0.121 e. The Morgan fingerprint density at radius 1 is 1.43 bits per heavy atom. The summed E-state index contributed by atoms with van der Waals surface area (Å²) in [6.07, 6.45) is 5.58. The van der Waals surface area contributed by atoms with Crippen molar-refractivity contribution in [1.82, 2.24) is 0 Å². The van der Waals surface area contributed by atoms with Crippen molar-refractivity contribution < 1.29 is 4.79 Å². The molecule has 1 aliphatic carbocycles. The summed E-state index contributed by atoms with van der Waals surface area (Å²) >= 11 is 0. The van der Waals surface area contributed by atoms with Crippen LogP contribution in [0.1, 0.15) is 38.7 Å². The van der Waals surface area contributed by atoms with Gasteiger partial charge in [0.1, 0.15) is 6.29 Å². The van der Waals surface area contributed by atoms with E-state index in [-0.39, 0.29) is 5.41 Å². The molecule has 2 rings (SSSR count). The average molecular weight is 278 g/mol. The fourth-order valence-electron chi connectivity index (χ4n) is 2.86. The zero-order chi connectivity index (χ0) is 15.3. The Hall–Kier alpha value is -2.07. The van der Waals surface area contributed by atoms with Gasteiger partial charge in [-0.05, 0) is 44.7 Å². The highest BCUT2D eigenvalue weighted by atomic mass is 16.1. The fourth-order valence-corrected chi connectivity index (χ4v) is 2.86. The Kier molecular flexibility index (Phi) is 4.81. The summed E-state index contributed by atoms with van der Waals surface area (Å²) in [5, 5.41) is 0. The van der Waals surface area contributed by atoms with Crippen LogP contribution >= 0.6 is 0 Å². The van der Waals surface area contributed by atoms with Crippen LogP contribution in [0.3, 0.4) is 0 Å². The highest BCUT2D eigenvalue weighted by molar-refractivity contribution is 5.56. The molecule has 1 aliphatic rings. The van der Waals surface area contributed by atoms with Crippen LogP contribution in [0.5, 0.6) is 0 Å². The van der Waals surface area contributed by atoms with Crippen LogP contribution in [-0.2, 0) is 4.79 Å². The minimum Gasteiger partial charge on any atom is -0.303 e. The van der Waals surface area contributed by atoms with Gasteiger partial charge in [-0.2, -0.15) is 0 Å². The molecule has 2 atom stereocenters. The standard InChI is InChI=1S/C20H22O/c1-16(2)19-10-9-17(3)20(15-19,13-14-21)12-11-18-7-5-4-6-8-18/h4-9,14,19H,1,10,13,15H2,2-3H3/t19-,20-/m1/s1. The molecule has 1 aromatic rings. The highest BCUT2D eigenvalue weighted by Gasteiger charge is 2.35. The van der Waals surface area contributed by atoms with Crippen LogP contribution < -0.4 is 0 Å². The van der Waals surface area contributed by atoms with Crippen molar-refractivity contribution in [2.75, 3.05) is 0 Å². The number of rotatable bonds is 3. The summed E-state index contributed by atoms with van der Waals surface area (Å²) in [6.45, 7) is 8.24. The molecule has 0 aliphatic heterocycles. The normalized spacial score (nSPS) is 24.5. The van der Waals surface area contributed by atoms with Crippen LogP contribution in [-0.4, -0.2) is 6.29 Å². The van der Waals surface area contributed by atoms with Crippen molar-refractivity contribution in [3.05, 3.63) is 59.7 Å². The lowest BCUT2D eigenvalue weighted by Crippen LogP contribution is -2.28. The van der Waals surface area contributed by atoms with Gasteiger partial charge >= 0.3 is 0 Å². The first-order valence-corrected chi connectivity index (χ1v) is 7.42. The van der Waals surface area contributed by atoms with Gasteiger partial charge in [0.15, 0.2) is 0 Å². The van der Waals surface area contributed by atoms with Gasteiger partial charge in [-0.15, -0.1) is 0 Å². The smallest absolute Gasteiger partial charge is 0.121 e. The lowest BCUT2D eigenvalue weighted by Gasteiger charge is -2.36. The van der Waals surface area contributed by atoms with Gasteiger partial charge in [0, 0.05) is 12.0 Å². The minimum atomic E-state index is -0.334. The Morgan fingerprint density at radius 2 is 2.14 bits per heavy atom. The second kappa shape index (κ2) is 6.59. The van der Waals surface area contributed by atoms with Crippen LogP contribution in [0, 0.1) is 23.2 Å². The predicted molar refractivity (Wildman–Crippen MR) is 87.7 cm³/mol. The topological polar surface area (TPSA) is 17.1 Å². The molecule has 0 heterocycles. The van der Waals surface area contributed by atoms with Crippen LogP contribution in [0.2, 0.25) is 0 Å². The zero-order valence-electron chi connectivity index (χ0n) is 12.9. The molecule has 1 heteroatoms. The van der Waals surface area contributed by atoms with E-state index in [4.69, 9.17) is 0 Å². The van der Waals surface area contributed by atoms with Crippen LogP contribution in [0.15, 0.2) is 54.1 Å². The molecule has 108 valence electrons. The molecule has 0 aromatic heterocycles. The van der Waals surface area contributed by atoms with Gasteiger partial charge in [0.2, 0.25) is 0 Å². The minimum absolute atomic E-state index is 0.334. The molecular weight excluding hydrogens is 256 g/mol. The maximum absolute atomic E-state index is 11.2. The quantitative estimate of drug-likeness (QED) is 0.450. The number of aldehydes is 1. The molecule has 0 spiro atoms. The van der Waals surface area contributed by atoms with E-state index in [1.54, 1.807) is 0 Å². The third-order valence-electron chi connectivity index (χ3n) is 4.41. The molecule has 0 bridgehead atoms. The second-order valence-corrected chi connectivity index (χ2v) is 5.94. The summed E-state index contributed by atoms with van der Waals surface area (Å²) in [4.78, 5) is 11.2. The van der Waals surface area contributed by atoms with E-state index < -0.39 is 0 Å². The molecule has 0 unspecified atom stereocenters. The lowest BCUT2D eigenvalue weighted by atomic mass is 9.66. The lowest BCUT2D eigenvalue weighted by molar-refractivity contribution is -0.109. The molecular formula is C20H22O. The Bertz CT molecular complexity index is 612. The number of allylic oxidation sites excluding steroid dienone is 3. The van der Waals surface area contributed by atoms with Gasteiger partial charge in [0.05, 0.1) is 5.41 Å². The molecule has 0 N–H and O–H groups in total. The van der Waals surface area contributed by atoms with E-state index >= 15 is 0 Å². The molecule has 0 amide bonds. The summed E-state index contributed by atoms with van der Waals surface area (Å²) in [5.41, 5.74) is 3.05. The van der Waals surface area contributed by atoms with E-state index in [0.29, 0.717) is 12.3 Å². The van der Waals surface area contributed by atoms with Crippen molar-refractivity contribution in [2.24, 2.45) is 11.3 Å². The van der Waals surface area contributed by atoms with Gasteiger partial charge in [-0.3, -0.25) is 0 Å².